The molecule has 0 aliphatic rings. The molecular weight excluding hydrogens is 338 g/mol. The van der Waals surface area contributed by atoms with E-state index in [0.29, 0.717) is 16.7 Å². The number of rotatable bonds is 5. The normalized spacial score (nSPS) is 11.8. The Morgan fingerprint density at radius 2 is 2.16 bits per heavy atom. The highest BCUT2D eigenvalue weighted by Crippen LogP contribution is 2.29. The fraction of sp³-hybridized carbons (Fsp3) is 0.235. The second-order valence-electron chi connectivity index (χ2n) is 5.46. The number of urea groups is 1. The van der Waals surface area contributed by atoms with Crippen molar-refractivity contribution in [2.24, 2.45) is 7.05 Å². The van der Waals surface area contributed by atoms with Crippen LogP contribution in [0, 0.1) is 6.92 Å². The van der Waals surface area contributed by atoms with Gasteiger partial charge in [0.2, 0.25) is 0 Å². The van der Waals surface area contributed by atoms with E-state index in [9.17, 15) is 4.79 Å². The quantitative estimate of drug-likeness (QED) is 0.735. The third-order valence-corrected chi connectivity index (χ3v) is 4.56. The van der Waals surface area contributed by atoms with Gasteiger partial charge in [0.05, 0.1) is 12.8 Å². The Morgan fingerprint density at radius 3 is 2.80 bits per heavy atom. The lowest BCUT2D eigenvalue weighted by molar-refractivity contribution is 0.249. The molecule has 2 aromatic heterocycles. The van der Waals surface area contributed by atoms with Gasteiger partial charge >= 0.3 is 6.03 Å². The molecule has 0 fully saturated rings. The number of aryl methyl sites for hydroxylation is 2. The summed E-state index contributed by atoms with van der Waals surface area (Å²) in [6.07, 6.45) is 3.53. The van der Waals surface area contributed by atoms with Crippen LogP contribution < -0.4 is 15.4 Å². The van der Waals surface area contributed by atoms with Crippen molar-refractivity contribution in [1.29, 1.82) is 0 Å². The molecule has 2 N–H and O–H groups in total. The molecule has 3 aromatic rings. The van der Waals surface area contributed by atoms with Gasteiger partial charge in [-0.25, -0.2) is 14.8 Å². The lowest BCUT2D eigenvalue weighted by atomic mass is 10.0. The topological polar surface area (TPSA) is 81.1 Å². The van der Waals surface area contributed by atoms with Gasteiger partial charge in [-0.05, 0) is 13.0 Å². The highest BCUT2D eigenvalue weighted by Gasteiger charge is 2.24. The molecule has 130 valence electrons. The number of amides is 2. The minimum absolute atomic E-state index is 0.353. The molecule has 3 rings (SSSR count). The van der Waals surface area contributed by atoms with E-state index < -0.39 is 6.04 Å². The third kappa shape index (κ3) is 3.80. The first-order valence-electron chi connectivity index (χ1n) is 7.68. The number of aromatic nitrogens is 3. The molecular formula is C17H19N5O2S. The average Bonchev–Trinajstić information content (AvgIpc) is 3.21. The summed E-state index contributed by atoms with van der Waals surface area (Å²) >= 11 is 1.38. The maximum Gasteiger partial charge on any atom is 0.321 e. The van der Waals surface area contributed by atoms with Gasteiger partial charge in [-0.3, -0.25) is 5.32 Å². The van der Waals surface area contributed by atoms with Gasteiger partial charge in [-0.15, -0.1) is 11.3 Å². The molecule has 0 bridgehead atoms. The van der Waals surface area contributed by atoms with Crippen LogP contribution in [0.15, 0.2) is 42.0 Å². The SMILES string of the molecule is COc1ccccc1C(NC(=O)Nc1nc(C)cs1)c1nccn1C. The van der Waals surface area contributed by atoms with E-state index in [0.717, 1.165) is 11.3 Å². The van der Waals surface area contributed by atoms with Crippen molar-refractivity contribution in [3.05, 3.63) is 59.1 Å². The maximum absolute atomic E-state index is 12.5. The molecule has 1 atom stereocenters. The van der Waals surface area contributed by atoms with Gasteiger partial charge in [-0.2, -0.15) is 0 Å². The number of nitrogens with one attached hydrogen (secondary N) is 2. The first kappa shape index (κ1) is 17.0. The first-order valence-corrected chi connectivity index (χ1v) is 8.56. The number of imidazole rings is 1. The van der Waals surface area contributed by atoms with E-state index in [4.69, 9.17) is 4.74 Å². The van der Waals surface area contributed by atoms with Crippen LogP contribution in [-0.2, 0) is 7.05 Å². The number of benzene rings is 1. The smallest absolute Gasteiger partial charge is 0.321 e. The Balaban J connectivity index is 1.89. The van der Waals surface area contributed by atoms with Crippen LogP contribution in [-0.4, -0.2) is 27.7 Å². The molecule has 0 aliphatic carbocycles. The summed E-state index contributed by atoms with van der Waals surface area (Å²) in [5, 5.41) is 8.15. The average molecular weight is 357 g/mol. The molecule has 1 aromatic carbocycles. The van der Waals surface area contributed by atoms with Gasteiger partial charge < -0.3 is 14.6 Å². The van der Waals surface area contributed by atoms with Gasteiger partial charge in [0.25, 0.3) is 0 Å². The molecule has 0 saturated carbocycles. The second-order valence-corrected chi connectivity index (χ2v) is 6.32. The Kier molecular flexibility index (Phi) is 4.99. The van der Waals surface area contributed by atoms with Crippen LogP contribution in [0.1, 0.15) is 23.1 Å². The van der Waals surface area contributed by atoms with Crippen molar-refractivity contribution in [3.8, 4) is 5.75 Å². The largest absolute Gasteiger partial charge is 0.496 e. The van der Waals surface area contributed by atoms with Gasteiger partial charge in [0, 0.05) is 30.4 Å². The molecule has 0 radical (unpaired) electrons. The van der Waals surface area contributed by atoms with Crippen molar-refractivity contribution in [2.75, 3.05) is 12.4 Å². The molecule has 25 heavy (non-hydrogen) atoms. The Bertz CT molecular complexity index is 873. The Hall–Kier alpha value is -2.87. The summed E-state index contributed by atoms with van der Waals surface area (Å²) < 4.78 is 7.31. The third-order valence-electron chi connectivity index (χ3n) is 3.68. The van der Waals surface area contributed by atoms with Crippen molar-refractivity contribution in [2.45, 2.75) is 13.0 Å². The summed E-state index contributed by atoms with van der Waals surface area (Å²) in [6.45, 7) is 1.88. The molecule has 0 aliphatic heterocycles. The molecule has 7 nitrogen and oxygen atoms in total. The van der Waals surface area contributed by atoms with Gasteiger partial charge in [-0.1, -0.05) is 18.2 Å². The number of ether oxygens (including phenoxy) is 1. The zero-order chi connectivity index (χ0) is 17.8. The van der Waals surface area contributed by atoms with Crippen LogP contribution >= 0.6 is 11.3 Å². The van der Waals surface area contributed by atoms with Crippen LogP contribution in [0.25, 0.3) is 0 Å². The highest BCUT2D eigenvalue weighted by atomic mass is 32.1. The molecule has 8 heteroatoms. The van der Waals surface area contributed by atoms with Crippen LogP contribution in [0.3, 0.4) is 0 Å². The lowest BCUT2D eigenvalue weighted by Crippen LogP contribution is -2.34. The van der Waals surface area contributed by atoms with Crippen molar-refractivity contribution >= 4 is 22.5 Å². The zero-order valence-corrected chi connectivity index (χ0v) is 15.0. The maximum atomic E-state index is 12.5. The molecule has 2 amide bonds. The van der Waals surface area contributed by atoms with Crippen molar-refractivity contribution in [1.82, 2.24) is 19.9 Å². The molecule has 1 unspecified atom stereocenters. The summed E-state index contributed by atoms with van der Waals surface area (Å²) in [7, 11) is 3.49. The van der Waals surface area contributed by atoms with Crippen LogP contribution in [0.5, 0.6) is 5.75 Å². The predicted molar refractivity (Wildman–Crippen MR) is 97.1 cm³/mol. The van der Waals surface area contributed by atoms with Gasteiger partial charge in [0.1, 0.15) is 17.6 Å². The van der Waals surface area contributed by atoms with E-state index in [1.54, 1.807) is 13.3 Å². The minimum Gasteiger partial charge on any atom is -0.496 e. The number of thiazole rings is 1. The van der Waals surface area contributed by atoms with Crippen molar-refractivity contribution in [3.63, 3.8) is 0 Å². The zero-order valence-electron chi connectivity index (χ0n) is 14.2. The van der Waals surface area contributed by atoms with Crippen LogP contribution in [0.4, 0.5) is 9.93 Å². The monoisotopic (exact) mass is 357 g/mol. The van der Waals surface area contributed by atoms with E-state index in [-0.39, 0.29) is 6.03 Å². The number of para-hydroxylation sites is 1. The fourth-order valence-corrected chi connectivity index (χ4v) is 3.20. The standard InChI is InChI=1S/C17H19N5O2S/c1-11-10-25-17(19-11)21-16(23)20-14(15-18-8-9-22(15)2)12-6-4-5-7-13(12)24-3/h4-10,14H,1-3H3,(H2,19,20,21,23). The van der Waals surface area contributed by atoms with E-state index >= 15 is 0 Å². The first-order chi connectivity index (χ1) is 12.1. The minimum atomic E-state index is -0.461. The number of hydrogen-bond donors (Lipinski definition) is 2. The Labute approximate surface area is 149 Å². The fourth-order valence-electron chi connectivity index (χ4n) is 2.52. The van der Waals surface area contributed by atoms with Crippen molar-refractivity contribution < 1.29 is 9.53 Å². The van der Waals surface area contributed by atoms with E-state index in [2.05, 4.69) is 20.6 Å². The lowest BCUT2D eigenvalue weighted by Gasteiger charge is -2.21. The molecule has 0 saturated heterocycles. The summed E-state index contributed by atoms with van der Waals surface area (Å²) in [4.78, 5) is 21.1. The van der Waals surface area contributed by atoms with Crippen LogP contribution in [0.2, 0.25) is 0 Å². The molecule has 0 spiro atoms. The highest BCUT2D eigenvalue weighted by molar-refractivity contribution is 7.13. The summed E-state index contributed by atoms with van der Waals surface area (Å²) in [5.74, 6) is 1.39. The predicted octanol–water partition coefficient (Wildman–Crippen LogP) is 3.10. The number of anilines is 1. The number of carbonyl (C=O) groups is 1. The van der Waals surface area contributed by atoms with E-state index in [1.807, 2.05) is 54.4 Å². The number of carbonyl (C=O) groups excluding carboxylic acids is 1. The molecule has 2 heterocycles. The second kappa shape index (κ2) is 7.35. The number of nitrogens with zero attached hydrogens (tertiary/aromatic N) is 3. The van der Waals surface area contributed by atoms with E-state index in [1.165, 1.54) is 11.3 Å². The number of hydrogen-bond acceptors (Lipinski definition) is 5. The van der Waals surface area contributed by atoms with Gasteiger partial charge in [0.15, 0.2) is 5.13 Å². The Morgan fingerprint density at radius 1 is 1.36 bits per heavy atom. The summed E-state index contributed by atoms with van der Waals surface area (Å²) in [6, 6.07) is 6.74. The summed E-state index contributed by atoms with van der Waals surface area (Å²) in [5.41, 5.74) is 1.69. The number of methoxy groups -OCH3 is 1.